The first-order valence-electron chi connectivity index (χ1n) is 22.6. The first-order chi connectivity index (χ1) is 32.3. The Bertz CT molecular complexity index is 3010. The van der Waals surface area contributed by atoms with Crippen molar-refractivity contribution < 1.29 is 26.4 Å². The number of nitrogens with zero attached hydrogens (tertiary/aromatic N) is 7. The third-order valence-electron chi connectivity index (χ3n) is 11.8. The van der Waals surface area contributed by atoms with E-state index >= 15 is 0 Å². The maximum atomic E-state index is 13.3. The first-order valence-corrected chi connectivity index (χ1v) is 26.4. The summed E-state index contributed by atoms with van der Waals surface area (Å²) in [5.74, 6) is 1.03. The lowest BCUT2D eigenvalue weighted by atomic mass is 9.87. The molecule has 1 amide bonds. The summed E-state index contributed by atoms with van der Waals surface area (Å²) < 4.78 is 67.6. The van der Waals surface area contributed by atoms with Crippen molar-refractivity contribution in [3.63, 3.8) is 0 Å². The van der Waals surface area contributed by atoms with Crippen molar-refractivity contribution in [2.24, 2.45) is 0 Å². The Morgan fingerprint density at radius 3 is 1.49 bits per heavy atom. The number of benzene rings is 4. The van der Waals surface area contributed by atoms with Crippen molar-refractivity contribution in [2.45, 2.75) is 121 Å². The van der Waals surface area contributed by atoms with Crippen LogP contribution < -0.4 is 14.8 Å². The molecule has 2 aliphatic rings. The molecule has 4 aromatic carbocycles. The Labute approximate surface area is 434 Å². The van der Waals surface area contributed by atoms with Crippen LogP contribution in [0.15, 0.2) is 107 Å². The molecule has 4 heterocycles. The number of rotatable bonds is 10. The number of sulfonamides is 2. The largest absolute Gasteiger partial charge is 0.444 e. The summed E-state index contributed by atoms with van der Waals surface area (Å²) in [7, 11) is -7.69. The van der Waals surface area contributed by atoms with E-state index in [4.69, 9.17) is 27.9 Å². The monoisotopic (exact) mass is 1070 g/mol. The van der Waals surface area contributed by atoms with E-state index in [1.807, 2.05) is 54.2 Å². The van der Waals surface area contributed by atoms with Gasteiger partial charge in [-0.15, -0.1) is 32.8 Å². The Kier molecular flexibility index (Phi) is 17.8. The van der Waals surface area contributed by atoms with Gasteiger partial charge in [0.05, 0.1) is 33.2 Å². The summed E-state index contributed by atoms with van der Waals surface area (Å²) >= 11 is 12.6. The lowest BCUT2D eigenvalue weighted by molar-refractivity contribution is 0.0289. The zero-order valence-electron chi connectivity index (χ0n) is 40.7. The van der Waals surface area contributed by atoms with Crippen LogP contribution in [-0.2, 0) is 35.6 Å². The molecule has 2 atom stereocenters. The fraction of sp³-hybridized carbons (Fsp3) is 0.420. The molecule has 0 spiro atoms. The Morgan fingerprint density at radius 2 is 1.10 bits per heavy atom. The fourth-order valence-corrected chi connectivity index (χ4v) is 10.5. The van der Waals surface area contributed by atoms with Crippen molar-refractivity contribution in [3.05, 3.63) is 119 Å². The molecule has 16 nitrogen and oxygen atoms in total. The van der Waals surface area contributed by atoms with Crippen LogP contribution in [0.2, 0.25) is 10.0 Å². The lowest BCUT2D eigenvalue weighted by Gasteiger charge is -2.24. The Hall–Kier alpha value is -5.24. The van der Waals surface area contributed by atoms with Gasteiger partial charge in [-0.2, -0.15) is 0 Å². The van der Waals surface area contributed by atoms with E-state index in [-0.39, 0.29) is 58.6 Å². The molecule has 0 saturated carbocycles. The maximum Gasteiger partial charge on any atom is 0.410 e. The van der Waals surface area contributed by atoms with Crippen LogP contribution >= 0.6 is 35.6 Å². The van der Waals surface area contributed by atoms with Gasteiger partial charge in [0.15, 0.2) is 11.6 Å². The number of likely N-dealkylation sites (tertiary alicyclic amines) is 1. The standard InChI is InChI=1S/C27H34ClN5O4S.C22H26ClN5O2S.CH4.ClH/c1-26(2,3)18-7-10-21(11-8-18)38(35,36)31-23-12-9-19(28)15-22(23)24-30-29-17-33(24)20-13-14-32(16-20)25(34)37-27(4,5)6;1-22(2,3)15-4-7-18(8-5-15)31(29,30)27-20-9-6-16(23)12-19(20)21-26-25-14-28(21)17-10-11-24-13-17;;/h7-12,15,17,20,31H,13-14,16H2,1-6H3;4-9,12,14,17,24,27H,10-11,13H2,1-3H3;1H4;1H. The second-order valence-corrected chi connectivity index (χ2v) is 24.5. The van der Waals surface area contributed by atoms with Gasteiger partial charge in [-0.25, -0.2) is 21.6 Å². The second kappa shape index (κ2) is 22.3. The predicted octanol–water partition coefficient (Wildman–Crippen LogP) is 11.2. The van der Waals surface area contributed by atoms with E-state index in [1.54, 1.807) is 78.2 Å². The molecule has 6 aromatic rings. The number of carbonyl (C=O) groups is 1. The van der Waals surface area contributed by atoms with Gasteiger partial charge < -0.3 is 24.1 Å². The molecule has 71 heavy (non-hydrogen) atoms. The quantitative estimate of drug-likeness (QED) is 0.118. The Balaban J connectivity index is 0.000000262. The summed E-state index contributed by atoms with van der Waals surface area (Å²) in [5.41, 5.74) is 3.17. The minimum atomic E-state index is -3.89. The minimum Gasteiger partial charge on any atom is -0.444 e. The zero-order chi connectivity index (χ0) is 50.1. The molecule has 3 N–H and O–H groups in total. The highest BCUT2D eigenvalue weighted by Crippen LogP contribution is 2.37. The second-order valence-electron chi connectivity index (χ2n) is 20.3. The van der Waals surface area contributed by atoms with Crippen LogP contribution in [0, 0.1) is 0 Å². The van der Waals surface area contributed by atoms with Crippen LogP contribution in [0.1, 0.15) is 106 Å². The number of amides is 1. The van der Waals surface area contributed by atoms with E-state index < -0.39 is 25.6 Å². The number of nitrogens with one attached hydrogen (secondary N) is 3. The average molecular weight is 1070 g/mol. The van der Waals surface area contributed by atoms with Crippen LogP contribution in [0.5, 0.6) is 0 Å². The highest BCUT2D eigenvalue weighted by Gasteiger charge is 2.33. The van der Waals surface area contributed by atoms with Gasteiger partial charge in [0, 0.05) is 40.8 Å². The van der Waals surface area contributed by atoms with E-state index in [1.165, 1.54) is 0 Å². The summed E-state index contributed by atoms with van der Waals surface area (Å²) in [4.78, 5) is 14.6. The normalized spacial score (nSPS) is 16.3. The number of hydrogen-bond donors (Lipinski definition) is 3. The topological polar surface area (TPSA) is 195 Å². The maximum absolute atomic E-state index is 13.3. The predicted molar refractivity (Wildman–Crippen MR) is 285 cm³/mol. The van der Waals surface area contributed by atoms with Gasteiger partial charge in [0.2, 0.25) is 0 Å². The molecule has 21 heteroatoms. The Morgan fingerprint density at radius 1 is 0.662 bits per heavy atom. The minimum absolute atomic E-state index is 0. The summed E-state index contributed by atoms with van der Waals surface area (Å²) in [6.45, 7) is 20.6. The molecule has 2 aliphatic heterocycles. The highest BCUT2D eigenvalue weighted by atomic mass is 35.5. The smallest absolute Gasteiger partial charge is 0.410 e. The van der Waals surface area contributed by atoms with Crippen molar-refractivity contribution in [1.29, 1.82) is 0 Å². The van der Waals surface area contributed by atoms with E-state index in [9.17, 15) is 21.6 Å². The fourth-order valence-electron chi connectivity index (χ4n) is 8.00. The van der Waals surface area contributed by atoms with E-state index in [0.717, 1.165) is 30.6 Å². The van der Waals surface area contributed by atoms with Crippen LogP contribution in [0.3, 0.4) is 0 Å². The van der Waals surface area contributed by atoms with E-state index in [0.29, 0.717) is 63.7 Å². The molecule has 0 aliphatic carbocycles. The molecular formula is C50H65Cl3N10O6S2. The molecule has 384 valence electrons. The van der Waals surface area contributed by atoms with Gasteiger partial charge >= 0.3 is 6.09 Å². The molecule has 2 saturated heterocycles. The average Bonchev–Trinajstić information content (AvgIpc) is 4.12. The van der Waals surface area contributed by atoms with Crippen molar-refractivity contribution >= 4 is 73.1 Å². The van der Waals surface area contributed by atoms with Crippen LogP contribution in [0.4, 0.5) is 16.2 Å². The number of anilines is 2. The van der Waals surface area contributed by atoms with Crippen molar-refractivity contribution in [3.8, 4) is 22.8 Å². The van der Waals surface area contributed by atoms with Gasteiger partial charge in [0.1, 0.15) is 18.3 Å². The first kappa shape index (κ1) is 56.7. The summed E-state index contributed by atoms with van der Waals surface area (Å²) in [6, 6.07) is 23.8. The molecule has 2 aromatic heterocycles. The van der Waals surface area contributed by atoms with Crippen molar-refractivity contribution in [2.75, 3.05) is 35.6 Å². The summed E-state index contributed by atoms with van der Waals surface area (Å²) in [5, 5.41) is 21.0. The summed E-state index contributed by atoms with van der Waals surface area (Å²) in [6.07, 6.45) is 4.52. The number of halogens is 3. The number of carbonyl (C=O) groups excluding carboxylic acids is 1. The molecule has 8 rings (SSSR count). The van der Waals surface area contributed by atoms with Gasteiger partial charge in [-0.05, 0) is 123 Å². The molecular weight excluding hydrogens is 1010 g/mol. The van der Waals surface area contributed by atoms with Gasteiger partial charge in [0.25, 0.3) is 20.0 Å². The van der Waals surface area contributed by atoms with Crippen LogP contribution in [-0.4, -0.2) is 89.1 Å². The number of ether oxygens (including phenoxy) is 1. The molecule has 0 bridgehead atoms. The third kappa shape index (κ3) is 13.8. The molecule has 2 unspecified atom stereocenters. The van der Waals surface area contributed by atoms with Crippen LogP contribution in [0.25, 0.3) is 22.8 Å². The number of aromatic nitrogens is 6. The van der Waals surface area contributed by atoms with Gasteiger partial charge in [-0.3, -0.25) is 9.44 Å². The van der Waals surface area contributed by atoms with Gasteiger partial charge in [-0.1, -0.05) is 96.4 Å². The number of hydrogen-bond acceptors (Lipinski definition) is 11. The molecule has 2 fully saturated rings. The van der Waals surface area contributed by atoms with Crippen molar-refractivity contribution in [1.82, 2.24) is 39.7 Å². The SMILES string of the molecule is C.CC(C)(C)OC(=O)N1CCC(n2cnnc2-c2cc(Cl)ccc2NS(=O)(=O)c2ccc(C(C)(C)C)cc2)C1.CC(C)(C)c1ccc(S(=O)(=O)Nc2ccc(Cl)cc2-c2nncn2C2CCNC2)cc1.Cl. The highest BCUT2D eigenvalue weighted by molar-refractivity contribution is 7.93. The molecule has 0 radical (unpaired) electrons. The third-order valence-corrected chi connectivity index (χ3v) is 15.0. The zero-order valence-corrected chi connectivity index (χ0v) is 44.7. The lowest BCUT2D eigenvalue weighted by Crippen LogP contribution is -2.35. The van der Waals surface area contributed by atoms with E-state index in [2.05, 4.69) is 76.7 Å².